The van der Waals surface area contributed by atoms with Crippen LogP contribution in [0, 0.1) is 17.0 Å². The van der Waals surface area contributed by atoms with Crippen LogP contribution in [0.5, 0.6) is 0 Å². The van der Waals surface area contributed by atoms with Crippen molar-refractivity contribution < 1.29 is 4.92 Å². The van der Waals surface area contributed by atoms with Crippen LogP contribution in [0.15, 0.2) is 23.2 Å². The second-order valence-electron chi connectivity index (χ2n) is 3.76. The van der Waals surface area contributed by atoms with Gasteiger partial charge in [-0.3, -0.25) is 15.1 Å². The van der Waals surface area contributed by atoms with E-state index in [0.717, 1.165) is 28.6 Å². The molecule has 2 rings (SSSR count). The molecule has 1 N–H and O–H groups in total. The number of hydrogen-bond acceptors (Lipinski definition) is 5. The van der Waals surface area contributed by atoms with E-state index >= 15 is 0 Å². The number of nitrogens with zero attached hydrogens (tertiary/aromatic N) is 2. The van der Waals surface area contributed by atoms with Gasteiger partial charge in [-0.25, -0.2) is 0 Å². The average molecular weight is 251 g/mol. The molecule has 17 heavy (non-hydrogen) atoms. The summed E-state index contributed by atoms with van der Waals surface area (Å²) >= 11 is 1.68. The first kappa shape index (κ1) is 11.9. The van der Waals surface area contributed by atoms with Gasteiger partial charge in [-0.15, -0.1) is 0 Å². The normalized spacial score (nSPS) is 14.5. The fraction of sp³-hybridized carbons (Fsp3) is 0.364. The van der Waals surface area contributed by atoms with Crippen molar-refractivity contribution in [1.82, 2.24) is 5.32 Å². The highest BCUT2D eigenvalue weighted by Crippen LogP contribution is 2.18. The molecule has 1 aromatic carbocycles. The zero-order chi connectivity index (χ0) is 12.3. The summed E-state index contributed by atoms with van der Waals surface area (Å²) in [6, 6.07) is 4.92. The number of nitro benzene ring substituents is 1. The van der Waals surface area contributed by atoms with E-state index in [-0.39, 0.29) is 10.6 Å². The Labute approximate surface area is 103 Å². The molecule has 0 saturated carbocycles. The molecule has 1 aromatic rings. The Bertz CT molecular complexity index is 474. The van der Waals surface area contributed by atoms with Gasteiger partial charge in [0.25, 0.3) is 5.69 Å². The highest BCUT2D eigenvalue weighted by Gasteiger charge is 2.10. The van der Waals surface area contributed by atoms with E-state index in [9.17, 15) is 10.1 Å². The molecule has 1 aliphatic heterocycles. The topological polar surface area (TPSA) is 67.5 Å². The van der Waals surface area contributed by atoms with Gasteiger partial charge in [0, 0.05) is 24.4 Å². The lowest BCUT2D eigenvalue weighted by atomic mass is 10.1. The summed E-state index contributed by atoms with van der Waals surface area (Å²) in [7, 11) is 0. The van der Waals surface area contributed by atoms with Crippen molar-refractivity contribution in [3.63, 3.8) is 0 Å². The molecule has 0 atom stereocenters. The largest absolute Gasteiger partial charge is 0.361 e. The minimum Gasteiger partial charge on any atom is -0.361 e. The van der Waals surface area contributed by atoms with E-state index in [1.807, 2.05) is 6.92 Å². The van der Waals surface area contributed by atoms with Gasteiger partial charge < -0.3 is 5.32 Å². The summed E-state index contributed by atoms with van der Waals surface area (Å²) in [5.41, 5.74) is 2.12. The Morgan fingerprint density at radius 3 is 3.06 bits per heavy atom. The Hall–Kier alpha value is -1.56. The molecule has 0 aromatic heterocycles. The third kappa shape index (κ3) is 2.97. The van der Waals surface area contributed by atoms with E-state index in [1.165, 1.54) is 6.07 Å². The first-order valence-corrected chi connectivity index (χ1v) is 6.30. The summed E-state index contributed by atoms with van der Waals surface area (Å²) in [4.78, 5) is 14.6. The number of aryl methyl sites for hydroxylation is 1. The number of benzene rings is 1. The number of amidine groups is 1. The van der Waals surface area contributed by atoms with Gasteiger partial charge in [0.05, 0.1) is 11.5 Å². The molecule has 0 fully saturated rings. The van der Waals surface area contributed by atoms with Gasteiger partial charge in [-0.05, 0) is 18.1 Å². The average Bonchev–Trinajstić information content (AvgIpc) is 2.80. The summed E-state index contributed by atoms with van der Waals surface area (Å²) in [6.45, 7) is 3.38. The molecule has 5 nitrogen and oxygen atoms in total. The molecule has 1 aliphatic rings. The van der Waals surface area contributed by atoms with Crippen LogP contribution in [0.1, 0.15) is 11.1 Å². The van der Waals surface area contributed by atoms with Gasteiger partial charge in [-0.1, -0.05) is 17.8 Å². The van der Waals surface area contributed by atoms with Crippen molar-refractivity contribution in [3.05, 3.63) is 39.4 Å². The third-order valence-corrected chi connectivity index (χ3v) is 3.49. The number of aliphatic imine (C=N–C) groups is 1. The zero-order valence-electron chi connectivity index (χ0n) is 9.47. The highest BCUT2D eigenvalue weighted by atomic mass is 32.2. The summed E-state index contributed by atoms with van der Waals surface area (Å²) in [5, 5.41) is 14.8. The molecule has 1 heterocycles. The Morgan fingerprint density at radius 2 is 2.41 bits per heavy atom. The lowest BCUT2D eigenvalue weighted by Gasteiger charge is -2.07. The molecule has 90 valence electrons. The first-order valence-electron chi connectivity index (χ1n) is 5.32. The van der Waals surface area contributed by atoms with Crippen LogP contribution in [-0.2, 0) is 6.54 Å². The quantitative estimate of drug-likeness (QED) is 0.660. The Morgan fingerprint density at radius 1 is 1.59 bits per heavy atom. The molecular weight excluding hydrogens is 238 g/mol. The van der Waals surface area contributed by atoms with Gasteiger partial charge in [0.15, 0.2) is 5.17 Å². The lowest BCUT2D eigenvalue weighted by molar-refractivity contribution is -0.384. The highest BCUT2D eigenvalue weighted by molar-refractivity contribution is 8.14. The number of non-ortho nitro benzene ring substituents is 1. The fourth-order valence-electron chi connectivity index (χ4n) is 1.57. The maximum Gasteiger partial charge on any atom is 0.269 e. The first-order chi connectivity index (χ1) is 8.16. The maximum absolute atomic E-state index is 10.7. The molecule has 0 radical (unpaired) electrons. The fourth-order valence-corrected chi connectivity index (χ4v) is 2.31. The number of rotatable bonds is 3. The van der Waals surface area contributed by atoms with Crippen LogP contribution in [0.2, 0.25) is 0 Å². The molecule has 0 unspecified atom stereocenters. The van der Waals surface area contributed by atoms with Crippen molar-refractivity contribution in [3.8, 4) is 0 Å². The van der Waals surface area contributed by atoms with Crippen LogP contribution >= 0.6 is 11.8 Å². The number of hydrogen-bond donors (Lipinski definition) is 1. The van der Waals surface area contributed by atoms with Gasteiger partial charge >= 0.3 is 0 Å². The maximum atomic E-state index is 10.7. The molecule has 0 aliphatic carbocycles. The van der Waals surface area contributed by atoms with Crippen molar-refractivity contribution >= 4 is 22.6 Å². The molecule has 6 heteroatoms. The summed E-state index contributed by atoms with van der Waals surface area (Å²) in [5.74, 6) is 1.01. The van der Waals surface area contributed by atoms with E-state index in [2.05, 4.69) is 10.3 Å². The summed E-state index contributed by atoms with van der Waals surface area (Å²) in [6.07, 6.45) is 0. The van der Waals surface area contributed by atoms with Crippen molar-refractivity contribution in [2.75, 3.05) is 12.3 Å². The molecule has 0 spiro atoms. The van der Waals surface area contributed by atoms with E-state index in [4.69, 9.17) is 0 Å². The number of nitro groups is 1. The van der Waals surface area contributed by atoms with Crippen molar-refractivity contribution in [2.24, 2.45) is 4.99 Å². The SMILES string of the molecule is Cc1ccc([N+](=O)[O-])cc1CNC1=NCCS1. The van der Waals surface area contributed by atoms with Gasteiger partial charge in [0.1, 0.15) is 0 Å². The van der Waals surface area contributed by atoms with Crippen LogP contribution < -0.4 is 5.32 Å². The number of nitrogens with one attached hydrogen (secondary N) is 1. The van der Waals surface area contributed by atoms with Crippen LogP contribution in [0.4, 0.5) is 5.69 Å². The second kappa shape index (κ2) is 5.18. The minimum absolute atomic E-state index is 0.133. The standard InChI is InChI=1S/C11H13N3O2S/c1-8-2-3-10(14(15)16)6-9(8)7-13-11-12-4-5-17-11/h2-3,6H,4-5,7H2,1H3,(H,12,13). The van der Waals surface area contributed by atoms with E-state index in [1.54, 1.807) is 23.9 Å². The predicted octanol–water partition coefficient (Wildman–Crippen LogP) is 2.10. The zero-order valence-corrected chi connectivity index (χ0v) is 10.3. The van der Waals surface area contributed by atoms with Crippen LogP contribution in [0.3, 0.4) is 0 Å². The van der Waals surface area contributed by atoms with Crippen LogP contribution in [0.25, 0.3) is 0 Å². The minimum atomic E-state index is -0.370. The Kier molecular flexibility index (Phi) is 3.63. The predicted molar refractivity (Wildman–Crippen MR) is 69.4 cm³/mol. The molecular formula is C11H13N3O2S. The van der Waals surface area contributed by atoms with Crippen molar-refractivity contribution in [2.45, 2.75) is 13.5 Å². The van der Waals surface area contributed by atoms with Crippen molar-refractivity contribution in [1.29, 1.82) is 0 Å². The van der Waals surface area contributed by atoms with Gasteiger partial charge in [0.2, 0.25) is 0 Å². The monoisotopic (exact) mass is 251 g/mol. The number of thioether (sulfide) groups is 1. The van der Waals surface area contributed by atoms with Gasteiger partial charge in [-0.2, -0.15) is 0 Å². The second-order valence-corrected chi connectivity index (χ2v) is 4.84. The third-order valence-electron chi connectivity index (χ3n) is 2.56. The molecule has 0 saturated heterocycles. The molecule has 0 bridgehead atoms. The molecule has 0 amide bonds. The van der Waals surface area contributed by atoms with Crippen LogP contribution in [-0.4, -0.2) is 22.4 Å². The summed E-state index contributed by atoms with van der Waals surface area (Å²) < 4.78 is 0. The smallest absolute Gasteiger partial charge is 0.269 e. The van der Waals surface area contributed by atoms with E-state index in [0.29, 0.717) is 6.54 Å². The van der Waals surface area contributed by atoms with E-state index < -0.39 is 0 Å². The lowest BCUT2D eigenvalue weighted by Crippen LogP contribution is -2.18. The Balaban J connectivity index is 2.08.